The minimum atomic E-state index is -2.48. The van der Waals surface area contributed by atoms with Crippen LogP contribution in [0.5, 0.6) is 0 Å². The van der Waals surface area contributed by atoms with Crippen LogP contribution in [0.15, 0.2) is 0 Å². The summed E-state index contributed by atoms with van der Waals surface area (Å²) in [4.78, 5) is 0. The first-order valence-corrected chi connectivity index (χ1v) is 25.0. The van der Waals surface area contributed by atoms with Crippen LogP contribution in [0.4, 0.5) is 0 Å². The molecule has 0 fully saturated rings. The van der Waals surface area contributed by atoms with Gasteiger partial charge >= 0.3 is 161 Å². The molecular weight excluding hydrogens is 431 g/mol. The van der Waals surface area contributed by atoms with Gasteiger partial charge < -0.3 is 0 Å². The number of rotatable bonds is 13. The van der Waals surface area contributed by atoms with Crippen molar-refractivity contribution in [3.63, 3.8) is 0 Å². The molecule has 0 rings (SSSR count). The first kappa shape index (κ1) is 25.2. The molecule has 0 saturated carbocycles. The van der Waals surface area contributed by atoms with Crippen molar-refractivity contribution in [2.45, 2.75) is 115 Å². The number of hydrogen-bond donors (Lipinski definition) is 0. The average Bonchev–Trinajstić information content (AvgIpc) is 2.46. The summed E-state index contributed by atoms with van der Waals surface area (Å²) < 4.78 is 11.9. The predicted molar refractivity (Wildman–Crippen MR) is 121 cm³/mol. The molecule has 0 aromatic rings. The third-order valence-electron chi connectivity index (χ3n) is 6.19. The van der Waals surface area contributed by atoms with E-state index in [1.165, 1.54) is 38.5 Å². The van der Waals surface area contributed by atoms with Crippen molar-refractivity contribution in [1.82, 2.24) is 0 Å². The summed E-state index contributed by atoms with van der Waals surface area (Å²) >= 11 is -2.48. The zero-order valence-corrected chi connectivity index (χ0v) is 23.6. The van der Waals surface area contributed by atoms with Crippen molar-refractivity contribution in [1.29, 1.82) is 0 Å². The van der Waals surface area contributed by atoms with Crippen LogP contribution in [-0.2, 0) is 4.74 Å². The van der Waals surface area contributed by atoms with E-state index < -0.39 is 34.5 Å². The fraction of sp³-hybridized carbons (Fsp3) is 1.00. The molecule has 0 atom stereocenters. The van der Waals surface area contributed by atoms with Gasteiger partial charge in [0.05, 0.1) is 0 Å². The Labute approximate surface area is 160 Å². The van der Waals surface area contributed by atoms with Crippen LogP contribution >= 0.6 is 0 Å². The number of hydrogen-bond acceptors (Lipinski definition) is 1. The van der Waals surface area contributed by atoms with Crippen molar-refractivity contribution < 1.29 is 4.74 Å². The van der Waals surface area contributed by atoms with E-state index >= 15 is 0 Å². The summed E-state index contributed by atoms with van der Waals surface area (Å²) in [6, 6.07) is 0. The van der Waals surface area contributed by atoms with E-state index in [0.29, 0.717) is 2.86 Å². The number of ether oxygens (including phenoxy) is 1. The summed E-state index contributed by atoms with van der Waals surface area (Å²) in [5, 5.41) is 0. The molecule has 0 aliphatic heterocycles. The van der Waals surface area contributed by atoms with Gasteiger partial charge in [-0.25, -0.2) is 0 Å². The number of methoxy groups -OCH3 is 1. The van der Waals surface area contributed by atoms with E-state index in [2.05, 4.69) is 67.2 Å². The standard InChI is InChI=1S/C8H21OSi2.3C4H9.Sn/c1-9-8(10(2,3)4)11(5,6)7;3*1-3-4-2;/h1-7H3;3*1,3-4H2,2H3;. The van der Waals surface area contributed by atoms with Crippen molar-refractivity contribution in [3.05, 3.63) is 0 Å². The van der Waals surface area contributed by atoms with E-state index in [0.717, 1.165) is 0 Å². The Hall–Kier alpha value is 1.19. The monoisotopic (exact) mass is 480 g/mol. The van der Waals surface area contributed by atoms with Crippen LogP contribution < -0.4 is 0 Å². The molecule has 1 nitrogen and oxygen atoms in total. The molecule has 4 heteroatoms. The van der Waals surface area contributed by atoms with Crippen molar-refractivity contribution in [2.75, 3.05) is 7.11 Å². The van der Waals surface area contributed by atoms with Crippen LogP contribution in [-0.4, -0.2) is 44.5 Å². The average molecular weight is 479 g/mol. The van der Waals surface area contributed by atoms with Gasteiger partial charge in [-0.3, -0.25) is 0 Å². The van der Waals surface area contributed by atoms with Crippen LogP contribution in [0.25, 0.3) is 0 Å². The van der Waals surface area contributed by atoms with E-state index in [1.807, 2.05) is 0 Å². The van der Waals surface area contributed by atoms with Crippen molar-refractivity contribution >= 4 is 34.5 Å². The molecule has 0 bridgehead atoms. The SMILES string of the molecule is CCC[CH2][Sn]([CH2]CCC)([CH2]CCC)[C](OC)([Si](C)(C)C)[Si](C)(C)C. The Kier molecular flexibility index (Phi) is 11.0. The fourth-order valence-electron chi connectivity index (χ4n) is 5.99. The molecule has 0 aliphatic carbocycles. The number of unbranched alkanes of at least 4 members (excludes halogenated alkanes) is 3. The second-order valence-corrected chi connectivity index (χ2v) is 37.3. The second kappa shape index (κ2) is 10.5. The zero-order valence-electron chi connectivity index (χ0n) is 18.8. The van der Waals surface area contributed by atoms with Crippen molar-refractivity contribution in [2.24, 2.45) is 0 Å². The fourth-order valence-corrected chi connectivity index (χ4v) is 66.9. The molecule has 24 heavy (non-hydrogen) atoms. The van der Waals surface area contributed by atoms with Gasteiger partial charge in [0.2, 0.25) is 0 Å². The van der Waals surface area contributed by atoms with Gasteiger partial charge in [0.25, 0.3) is 0 Å². The van der Waals surface area contributed by atoms with E-state index in [1.54, 1.807) is 13.3 Å². The van der Waals surface area contributed by atoms with E-state index in [9.17, 15) is 0 Å². The predicted octanol–water partition coefficient (Wildman–Crippen LogP) is 7.51. The first-order chi connectivity index (χ1) is 11.0. The maximum absolute atomic E-state index is 6.84. The molecular formula is C20H48OSi2Sn. The Morgan fingerprint density at radius 2 is 0.958 bits per heavy atom. The van der Waals surface area contributed by atoms with Crippen molar-refractivity contribution in [3.8, 4) is 0 Å². The molecule has 0 N–H and O–H groups in total. The van der Waals surface area contributed by atoms with Crippen LogP contribution in [0.1, 0.15) is 59.3 Å². The summed E-state index contributed by atoms with van der Waals surface area (Å²) in [7, 11) is -0.747. The summed E-state index contributed by atoms with van der Waals surface area (Å²) in [5.74, 6) is 0. The topological polar surface area (TPSA) is 9.23 Å². The Bertz CT molecular complexity index is 309. The molecule has 0 aromatic carbocycles. The molecule has 0 spiro atoms. The van der Waals surface area contributed by atoms with Gasteiger partial charge in [0, 0.05) is 0 Å². The quantitative estimate of drug-likeness (QED) is 0.248. The summed E-state index contributed by atoms with van der Waals surface area (Å²) in [5.41, 5.74) is 0. The maximum atomic E-state index is 6.84. The van der Waals surface area contributed by atoms with Gasteiger partial charge in [-0.2, -0.15) is 0 Å². The molecule has 0 saturated heterocycles. The van der Waals surface area contributed by atoms with E-state index in [4.69, 9.17) is 4.74 Å². The van der Waals surface area contributed by atoms with Gasteiger partial charge in [-0.15, -0.1) is 0 Å². The molecule has 0 radical (unpaired) electrons. The Morgan fingerprint density at radius 3 is 1.12 bits per heavy atom. The normalized spacial score (nSPS) is 14.2. The Balaban J connectivity index is 6.39. The minimum absolute atomic E-state index is 0.369. The van der Waals surface area contributed by atoms with Gasteiger partial charge in [-0.1, -0.05) is 0 Å². The van der Waals surface area contributed by atoms with Gasteiger partial charge in [0.1, 0.15) is 0 Å². The van der Waals surface area contributed by atoms with E-state index in [-0.39, 0.29) is 0 Å². The molecule has 0 heterocycles. The molecule has 0 unspecified atom stereocenters. The second-order valence-electron chi connectivity index (χ2n) is 9.98. The van der Waals surface area contributed by atoms with Gasteiger partial charge in [-0.05, 0) is 0 Å². The third kappa shape index (κ3) is 5.35. The third-order valence-corrected chi connectivity index (χ3v) is 51.4. The Morgan fingerprint density at radius 1 is 0.667 bits per heavy atom. The first-order valence-electron chi connectivity index (χ1n) is 10.5. The molecule has 0 aromatic heterocycles. The molecule has 0 amide bonds. The molecule has 0 aliphatic rings. The zero-order chi connectivity index (χ0) is 19.1. The van der Waals surface area contributed by atoms with Gasteiger partial charge in [0.15, 0.2) is 0 Å². The van der Waals surface area contributed by atoms with Crippen LogP contribution in [0, 0.1) is 0 Å². The molecule has 146 valence electrons. The van der Waals surface area contributed by atoms with Crippen LogP contribution in [0.2, 0.25) is 52.6 Å². The summed E-state index contributed by atoms with van der Waals surface area (Å²) in [6.45, 7) is 22.9. The van der Waals surface area contributed by atoms with Crippen LogP contribution in [0.3, 0.4) is 0 Å². The summed E-state index contributed by atoms with van der Waals surface area (Å²) in [6.07, 6.45) is 8.41.